The van der Waals surface area contributed by atoms with Gasteiger partial charge in [0.15, 0.2) is 0 Å². The first-order chi connectivity index (χ1) is 8.56. The second kappa shape index (κ2) is 6.04. The number of rotatable bonds is 3. The summed E-state index contributed by atoms with van der Waals surface area (Å²) in [5.74, 6) is -0.127. The van der Waals surface area contributed by atoms with E-state index in [0.29, 0.717) is 0 Å². The molecule has 3 nitrogen and oxygen atoms in total. The van der Waals surface area contributed by atoms with Crippen molar-refractivity contribution in [3.8, 4) is 0 Å². The maximum atomic E-state index is 11.1. The zero-order valence-electron chi connectivity index (χ0n) is 10.0. The molecule has 0 aliphatic carbocycles. The molecule has 0 spiro atoms. The summed E-state index contributed by atoms with van der Waals surface area (Å²) in [6.45, 7) is 2.64. The van der Waals surface area contributed by atoms with E-state index < -0.39 is 0 Å². The molecular formula is C13H16BrClN2O. The lowest BCUT2D eigenvalue weighted by Gasteiger charge is -2.30. The second-order valence-corrected chi connectivity index (χ2v) is 6.01. The minimum Gasteiger partial charge on any atom is -0.369 e. The summed E-state index contributed by atoms with van der Waals surface area (Å²) in [4.78, 5) is 13.4. The number of hydrogen-bond donors (Lipinski definition) is 1. The molecule has 0 saturated carbocycles. The van der Waals surface area contributed by atoms with Gasteiger partial charge in [-0.25, -0.2) is 0 Å². The van der Waals surface area contributed by atoms with Crippen molar-refractivity contribution in [2.24, 2.45) is 11.7 Å². The van der Waals surface area contributed by atoms with Crippen LogP contribution in [0.25, 0.3) is 0 Å². The van der Waals surface area contributed by atoms with Gasteiger partial charge in [-0.2, -0.15) is 0 Å². The summed E-state index contributed by atoms with van der Waals surface area (Å²) in [6.07, 6.45) is 1.70. The number of halogens is 2. The van der Waals surface area contributed by atoms with Crippen molar-refractivity contribution >= 4 is 33.4 Å². The molecule has 0 bridgehead atoms. The first-order valence-corrected chi connectivity index (χ1v) is 7.19. The van der Waals surface area contributed by atoms with Gasteiger partial charge in [0.05, 0.1) is 0 Å². The van der Waals surface area contributed by atoms with Crippen molar-refractivity contribution in [2.45, 2.75) is 19.4 Å². The van der Waals surface area contributed by atoms with E-state index in [1.807, 2.05) is 18.2 Å². The topological polar surface area (TPSA) is 46.3 Å². The van der Waals surface area contributed by atoms with Crippen molar-refractivity contribution in [2.75, 3.05) is 13.1 Å². The molecule has 1 heterocycles. The van der Waals surface area contributed by atoms with Crippen LogP contribution < -0.4 is 5.73 Å². The van der Waals surface area contributed by atoms with E-state index in [9.17, 15) is 4.79 Å². The van der Waals surface area contributed by atoms with E-state index in [0.717, 1.165) is 47.5 Å². The summed E-state index contributed by atoms with van der Waals surface area (Å²) in [5.41, 5.74) is 6.44. The lowest BCUT2D eigenvalue weighted by molar-refractivity contribution is -0.123. The molecular weight excluding hydrogens is 316 g/mol. The number of primary amides is 1. The summed E-state index contributed by atoms with van der Waals surface area (Å²) in [7, 11) is 0. The Morgan fingerprint density at radius 1 is 1.44 bits per heavy atom. The first-order valence-electron chi connectivity index (χ1n) is 6.02. The van der Waals surface area contributed by atoms with Gasteiger partial charge in [-0.15, -0.1) is 0 Å². The number of carbonyl (C=O) groups excluding carboxylic acids is 1. The molecule has 1 aliphatic heterocycles. The molecule has 1 fully saturated rings. The molecule has 1 aromatic carbocycles. The molecule has 2 N–H and O–H groups in total. The Morgan fingerprint density at radius 3 is 2.67 bits per heavy atom. The van der Waals surface area contributed by atoms with Crippen LogP contribution in [0.3, 0.4) is 0 Å². The third kappa shape index (κ3) is 3.46. The highest BCUT2D eigenvalue weighted by Crippen LogP contribution is 2.24. The van der Waals surface area contributed by atoms with Crippen LogP contribution in [-0.4, -0.2) is 23.9 Å². The Labute approximate surface area is 120 Å². The van der Waals surface area contributed by atoms with Crippen molar-refractivity contribution in [3.05, 3.63) is 33.3 Å². The molecule has 1 amide bonds. The number of hydrogen-bond acceptors (Lipinski definition) is 2. The van der Waals surface area contributed by atoms with Gasteiger partial charge in [0.2, 0.25) is 5.91 Å². The Balaban J connectivity index is 1.93. The number of carbonyl (C=O) groups is 1. The van der Waals surface area contributed by atoms with Crippen molar-refractivity contribution < 1.29 is 4.79 Å². The smallest absolute Gasteiger partial charge is 0.220 e. The Hall–Kier alpha value is -0.580. The largest absolute Gasteiger partial charge is 0.369 e. The maximum absolute atomic E-state index is 11.1. The van der Waals surface area contributed by atoms with Crippen LogP contribution in [0.4, 0.5) is 0 Å². The molecule has 1 aliphatic rings. The Morgan fingerprint density at radius 2 is 2.11 bits per heavy atom. The van der Waals surface area contributed by atoms with Gasteiger partial charge >= 0.3 is 0 Å². The predicted molar refractivity (Wildman–Crippen MR) is 76.3 cm³/mol. The standard InChI is InChI=1S/C13H16BrClN2O/c14-11-2-1-10(12(15)7-11)8-17-5-3-9(4-6-17)13(16)18/h1-2,7,9H,3-6,8H2,(H2,16,18). The maximum Gasteiger partial charge on any atom is 0.220 e. The van der Waals surface area contributed by atoms with Crippen LogP contribution in [-0.2, 0) is 11.3 Å². The molecule has 2 rings (SSSR count). The van der Waals surface area contributed by atoms with Gasteiger partial charge in [0.1, 0.15) is 0 Å². The van der Waals surface area contributed by atoms with Gasteiger partial charge in [0.25, 0.3) is 0 Å². The van der Waals surface area contributed by atoms with E-state index in [1.165, 1.54) is 0 Å². The minimum absolute atomic E-state index is 0.0432. The number of amides is 1. The molecule has 1 aromatic rings. The number of piperidine rings is 1. The zero-order valence-corrected chi connectivity index (χ0v) is 12.4. The van der Waals surface area contributed by atoms with Gasteiger partial charge in [-0.1, -0.05) is 33.6 Å². The highest BCUT2D eigenvalue weighted by atomic mass is 79.9. The van der Waals surface area contributed by atoms with E-state index in [1.54, 1.807) is 0 Å². The van der Waals surface area contributed by atoms with Gasteiger partial charge < -0.3 is 5.73 Å². The number of nitrogens with two attached hydrogens (primary N) is 1. The fourth-order valence-corrected chi connectivity index (χ4v) is 3.00. The van der Waals surface area contributed by atoms with E-state index >= 15 is 0 Å². The highest BCUT2D eigenvalue weighted by molar-refractivity contribution is 9.10. The van der Waals surface area contributed by atoms with Crippen LogP contribution >= 0.6 is 27.5 Å². The quantitative estimate of drug-likeness (QED) is 0.926. The predicted octanol–water partition coefficient (Wildman–Crippen LogP) is 2.80. The lowest BCUT2D eigenvalue weighted by atomic mass is 9.96. The van der Waals surface area contributed by atoms with Crippen molar-refractivity contribution in [1.82, 2.24) is 4.90 Å². The molecule has 1 saturated heterocycles. The fraction of sp³-hybridized carbons (Fsp3) is 0.462. The zero-order chi connectivity index (χ0) is 13.1. The third-order valence-electron chi connectivity index (χ3n) is 3.40. The summed E-state index contributed by atoms with van der Waals surface area (Å²) < 4.78 is 0.990. The monoisotopic (exact) mass is 330 g/mol. The number of benzene rings is 1. The van der Waals surface area contributed by atoms with E-state index in [4.69, 9.17) is 17.3 Å². The molecule has 5 heteroatoms. The van der Waals surface area contributed by atoms with Crippen LogP contribution in [0.5, 0.6) is 0 Å². The fourth-order valence-electron chi connectivity index (χ4n) is 2.27. The van der Waals surface area contributed by atoms with E-state index in [2.05, 4.69) is 20.8 Å². The molecule has 0 unspecified atom stereocenters. The summed E-state index contributed by atoms with van der Waals surface area (Å²) in [5, 5.41) is 0.779. The highest BCUT2D eigenvalue weighted by Gasteiger charge is 2.23. The number of nitrogens with zero attached hydrogens (tertiary/aromatic N) is 1. The number of likely N-dealkylation sites (tertiary alicyclic amines) is 1. The van der Waals surface area contributed by atoms with Crippen LogP contribution in [0.1, 0.15) is 18.4 Å². The summed E-state index contributed by atoms with van der Waals surface area (Å²) in [6, 6.07) is 5.94. The normalized spacial score (nSPS) is 17.9. The molecule has 0 radical (unpaired) electrons. The van der Waals surface area contributed by atoms with Crippen molar-refractivity contribution in [3.63, 3.8) is 0 Å². The van der Waals surface area contributed by atoms with Crippen LogP contribution in [0.15, 0.2) is 22.7 Å². The average Bonchev–Trinajstić information content (AvgIpc) is 2.33. The molecule has 0 aromatic heterocycles. The van der Waals surface area contributed by atoms with Crippen molar-refractivity contribution in [1.29, 1.82) is 0 Å². The molecule has 0 atom stereocenters. The van der Waals surface area contributed by atoms with Crippen LogP contribution in [0.2, 0.25) is 5.02 Å². The third-order valence-corrected chi connectivity index (χ3v) is 4.24. The minimum atomic E-state index is -0.170. The van der Waals surface area contributed by atoms with Gasteiger partial charge in [-0.3, -0.25) is 9.69 Å². The Kier molecular flexibility index (Phi) is 4.65. The SMILES string of the molecule is NC(=O)C1CCN(Cc2ccc(Br)cc2Cl)CC1. The van der Waals surface area contributed by atoms with Crippen LogP contribution in [0, 0.1) is 5.92 Å². The summed E-state index contributed by atoms with van der Waals surface area (Å²) >= 11 is 9.59. The average molecular weight is 332 g/mol. The van der Waals surface area contributed by atoms with E-state index in [-0.39, 0.29) is 11.8 Å². The Bertz CT molecular complexity index is 445. The first kappa shape index (κ1) is 13.8. The van der Waals surface area contributed by atoms with Gasteiger partial charge in [0, 0.05) is 22.0 Å². The lowest BCUT2D eigenvalue weighted by Crippen LogP contribution is -2.38. The molecule has 98 valence electrons. The van der Waals surface area contributed by atoms with Gasteiger partial charge in [-0.05, 0) is 43.6 Å². The second-order valence-electron chi connectivity index (χ2n) is 4.69. The molecule has 18 heavy (non-hydrogen) atoms.